The number of nitro benzene ring substituents is 1. The minimum absolute atomic E-state index is 0.0615. The molecule has 0 radical (unpaired) electrons. The number of fused-ring (bicyclic) bond motifs is 1. The maximum Gasteiger partial charge on any atom is 0.271 e. The Kier molecular flexibility index (Phi) is 8.43. The van der Waals surface area contributed by atoms with Crippen LogP contribution in [0.3, 0.4) is 0 Å². The van der Waals surface area contributed by atoms with E-state index in [0.717, 1.165) is 11.8 Å². The highest BCUT2D eigenvalue weighted by Gasteiger charge is 2.21. The lowest BCUT2D eigenvalue weighted by Gasteiger charge is -2.17. The standard InChI is InChI=1S/C22H23ClN4O5S/c1-3-32-12-6-11-26-21(29)16-7-4-5-8-18(16)25-22(26)33-14(2)20(28)24-19-10-9-15(27(30)31)13-17(19)23/h4-5,7-10,13-14H,3,6,11-12H2,1-2H3,(H,24,28). The normalized spacial score (nSPS) is 12.0. The Balaban J connectivity index is 1.82. The molecule has 1 amide bonds. The number of carbonyl (C=O) groups is 1. The molecule has 11 heteroatoms. The predicted molar refractivity (Wildman–Crippen MR) is 129 cm³/mol. The Morgan fingerprint density at radius 3 is 2.79 bits per heavy atom. The van der Waals surface area contributed by atoms with Crippen molar-refractivity contribution in [3.63, 3.8) is 0 Å². The van der Waals surface area contributed by atoms with Crippen LogP contribution in [0.4, 0.5) is 11.4 Å². The van der Waals surface area contributed by atoms with Gasteiger partial charge in [-0.3, -0.25) is 24.3 Å². The molecule has 1 aromatic heterocycles. The van der Waals surface area contributed by atoms with Gasteiger partial charge in [-0.1, -0.05) is 35.5 Å². The van der Waals surface area contributed by atoms with Crippen LogP contribution < -0.4 is 10.9 Å². The summed E-state index contributed by atoms with van der Waals surface area (Å²) in [5, 5.41) is 13.9. The molecule has 33 heavy (non-hydrogen) atoms. The number of amides is 1. The fourth-order valence-corrected chi connectivity index (χ4v) is 4.23. The van der Waals surface area contributed by atoms with Gasteiger partial charge in [0.1, 0.15) is 0 Å². The molecule has 0 aliphatic heterocycles. The lowest BCUT2D eigenvalue weighted by atomic mass is 10.2. The number of rotatable bonds is 10. The van der Waals surface area contributed by atoms with E-state index in [-0.39, 0.29) is 27.9 Å². The smallest absolute Gasteiger partial charge is 0.271 e. The van der Waals surface area contributed by atoms with Crippen molar-refractivity contribution in [2.45, 2.75) is 37.2 Å². The quantitative estimate of drug-likeness (QED) is 0.146. The summed E-state index contributed by atoms with van der Waals surface area (Å²) in [6.45, 7) is 5.10. The highest BCUT2D eigenvalue weighted by atomic mass is 35.5. The topological polar surface area (TPSA) is 116 Å². The van der Waals surface area contributed by atoms with E-state index in [1.165, 1.54) is 18.2 Å². The number of non-ortho nitro benzene ring substituents is 1. The molecule has 0 saturated carbocycles. The number of nitrogens with one attached hydrogen (secondary N) is 1. The summed E-state index contributed by atoms with van der Waals surface area (Å²) in [7, 11) is 0. The summed E-state index contributed by atoms with van der Waals surface area (Å²) >= 11 is 7.23. The van der Waals surface area contributed by atoms with Crippen LogP contribution in [-0.2, 0) is 16.1 Å². The second-order valence-corrected chi connectivity index (χ2v) is 8.80. The van der Waals surface area contributed by atoms with E-state index >= 15 is 0 Å². The fourth-order valence-electron chi connectivity index (χ4n) is 3.07. The Hall–Kier alpha value is -2.95. The number of nitro groups is 1. The lowest BCUT2D eigenvalue weighted by molar-refractivity contribution is -0.384. The third-order valence-corrected chi connectivity index (χ3v) is 6.18. The van der Waals surface area contributed by atoms with Gasteiger partial charge in [0.25, 0.3) is 11.2 Å². The first-order valence-electron chi connectivity index (χ1n) is 10.3. The Bertz CT molecular complexity index is 1230. The third kappa shape index (κ3) is 6.10. The number of nitrogens with zero attached hydrogens (tertiary/aromatic N) is 3. The Labute approximate surface area is 199 Å². The molecule has 174 valence electrons. The minimum atomic E-state index is -0.623. The number of halogens is 1. The molecule has 0 bridgehead atoms. The van der Waals surface area contributed by atoms with Crippen LogP contribution in [0, 0.1) is 10.1 Å². The molecule has 0 saturated heterocycles. The van der Waals surface area contributed by atoms with Gasteiger partial charge in [-0.25, -0.2) is 4.98 Å². The van der Waals surface area contributed by atoms with Gasteiger partial charge in [0.15, 0.2) is 5.16 Å². The summed E-state index contributed by atoms with van der Waals surface area (Å²) in [4.78, 5) is 40.8. The number of aromatic nitrogens is 2. The summed E-state index contributed by atoms with van der Waals surface area (Å²) in [5.41, 5.74) is 0.472. The van der Waals surface area contributed by atoms with Crippen molar-refractivity contribution in [1.29, 1.82) is 0 Å². The van der Waals surface area contributed by atoms with Crippen LogP contribution >= 0.6 is 23.4 Å². The average Bonchev–Trinajstić information content (AvgIpc) is 2.79. The van der Waals surface area contributed by atoms with Crippen molar-refractivity contribution in [2.24, 2.45) is 0 Å². The van der Waals surface area contributed by atoms with Gasteiger partial charge in [0, 0.05) is 31.9 Å². The Morgan fingerprint density at radius 1 is 1.33 bits per heavy atom. The number of para-hydroxylation sites is 1. The molecule has 3 aromatic rings. The molecule has 0 aliphatic carbocycles. The van der Waals surface area contributed by atoms with Gasteiger partial charge >= 0.3 is 0 Å². The molecule has 1 atom stereocenters. The second kappa shape index (κ2) is 11.3. The van der Waals surface area contributed by atoms with Crippen molar-refractivity contribution in [1.82, 2.24) is 9.55 Å². The maximum atomic E-state index is 13.1. The first-order chi connectivity index (χ1) is 15.8. The van der Waals surface area contributed by atoms with Crippen LogP contribution in [0.5, 0.6) is 0 Å². The van der Waals surface area contributed by atoms with Gasteiger partial charge < -0.3 is 10.1 Å². The number of anilines is 1. The lowest BCUT2D eigenvalue weighted by Crippen LogP contribution is -2.27. The molecule has 0 spiro atoms. The van der Waals surface area contributed by atoms with E-state index in [9.17, 15) is 19.7 Å². The molecule has 2 aromatic carbocycles. The first-order valence-corrected chi connectivity index (χ1v) is 11.6. The number of thioether (sulfide) groups is 1. The molecule has 1 unspecified atom stereocenters. The molecular formula is C22H23ClN4O5S. The molecule has 1 heterocycles. The summed E-state index contributed by atoms with van der Waals surface area (Å²) in [5.74, 6) is -0.376. The van der Waals surface area contributed by atoms with Crippen LogP contribution in [0.15, 0.2) is 52.4 Å². The number of ether oxygens (including phenoxy) is 1. The fraction of sp³-hybridized carbons (Fsp3) is 0.318. The van der Waals surface area contributed by atoms with E-state index in [0.29, 0.717) is 42.2 Å². The van der Waals surface area contributed by atoms with Crippen LogP contribution in [0.25, 0.3) is 10.9 Å². The monoisotopic (exact) mass is 490 g/mol. The van der Waals surface area contributed by atoms with Gasteiger partial charge in [0.2, 0.25) is 5.91 Å². The number of hydrogen-bond acceptors (Lipinski definition) is 7. The zero-order valence-electron chi connectivity index (χ0n) is 18.1. The van der Waals surface area contributed by atoms with Crippen LogP contribution in [0.2, 0.25) is 5.02 Å². The zero-order valence-corrected chi connectivity index (χ0v) is 19.7. The number of hydrogen-bond donors (Lipinski definition) is 1. The van der Waals surface area contributed by atoms with Crippen molar-refractivity contribution in [3.05, 3.63) is 68.0 Å². The van der Waals surface area contributed by atoms with E-state index in [4.69, 9.17) is 16.3 Å². The summed E-state index contributed by atoms with van der Waals surface area (Å²) in [6, 6.07) is 10.9. The summed E-state index contributed by atoms with van der Waals surface area (Å²) in [6.07, 6.45) is 0.625. The van der Waals surface area contributed by atoms with Crippen LogP contribution in [-0.4, -0.2) is 38.8 Å². The molecule has 1 N–H and O–H groups in total. The largest absolute Gasteiger partial charge is 0.382 e. The third-order valence-electron chi connectivity index (χ3n) is 4.77. The molecular weight excluding hydrogens is 468 g/mol. The molecule has 9 nitrogen and oxygen atoms in total. The molecule has 3 rings (SSSR count). The van der Waals surface area contributed by atoms with Crippen molar-refractivity contribution < 1.29 is 14.5 Å². The second-order valence-electron chi connectivity index (χ2n) is 7.09. The minimum Gasteiger partial charge on any atom is -0.382 e. The maximum absolute atomic E-state index is 13.1. The van der Waals surface area contributed by atoms with Crippen molar-refractivity contribution >= 4 is 51.5 Å². The van der Waals surface area contributed by atoms with Gasteiger partial charge in [0.05, 0.1) is 31.8 Å². The van der Waals surface area contributed by atoms with E-state index in [1.54, 1.807) is 35.8 Å². The van der Waals surface area contributed by atoms with E-state index < -0.39 is 10.2 Å². The van der Waals surface area contributed by atoms with Gasteiger partial charge in [-0.2, -0.15) is 0 Å². The van der Waals surface area contributed by atoms with Gasteiger partial charge in [-0.05, 0) is 38.5 Å². The highest BCUT2D eigenvalue weighted by molar-refractivity contribution is 8.00. The van der Waals surface area contributed by atoms with Gasteiger partial charge in [-0.15, -0.1) is 0 Å². The van der Waals surface area contributed by atoms with Crippen molar-refractivity contribution in [2.75, 3.05) is 18.5 Å². The number of benzene rings is 2. The summed E-state index contributed by atoms with van der Waals surface area (Å²) < 4.78 is 6.95. The van der Waals surface area contributed by atoms with E-state index in [2.05, 4.69) is 10.3 Å². The first kappa shape index (κ1) is 24.7. The highest BCUT2D eigenvalue weighted by Crippen LogP contribution is 2.28. The van der Waals surface area contributed by atoms with E-state index in [1.807, 2.05) is 6.92 Å². The average molecular weight is 491 g/mol. The zero-order chi connectivity index (χ0) is 24.0. The Morgan fingerprint density at radius 2 is 2.09 bits per heavy atom. The SMILES string of the molecule is CCOCCCn1c(SC(C)C(=O)Nc2ccc([N+](=O)[O-])cc2Cl)nc2ccccc2c1=O. The van der Waals surface area contributed by atoms with Crippen molar-refractivity contribution in [3.8, 4) is 0 Å². The number of carbonyl (C=O) groups excluding carboxylic acids is 1. The molecule has 0 fully saturated rings. The van der Waals surface area contributed by atoms with Crippen LogP contribution in [0.1, 0.15) is 20.3 Å². The molecule has 0 aliphatic rings. The predicted octanol–water partition coefficient (Wildman–Crippen LogP) is 4.50.